The first-order chi connectivity index (χ1) is 30.8. The van der Waals surface area contributed by atoms with Crippen molar-refractivity contribution in [2.45, 2.75) is 0 Å². The fraction of sp³-hybridized carbons (Fsp3) is 0. The normalized spacial score (nSPS) is 14.3. The number of hydrogen-bond donors (Lipinski definition) is 0. The van der Waals surface area contributed by atoms with Crippen molar-refractivity contribution in [2.75, 3.05) is 0 Å². The van der Waals surface area contributed by atoms with E-state index in [0.29, 0.717) is 11.1 Å². The van der Waals surface area contributed by atoms with Crippen LogP contribution in [-0.2, 0) is 0 Å². The molecule has 0 N–H and O–H groups in total. The average Bonchev–Trinajstić information content (AvgIpc) is 3.74. The van der Waals surface area contributed by atoms with Crippen LogP contribution in [0.5, 0.6) is 0 Å². The highest BCUT2D eigenvalue weighted by Gasteiger charge is 2.17. The van der Waals surface area contributed by atoms with Gasteiger partial charge in [0.25, 0.3) is 0 Å². The standard InChI is InChI=1S/C49H31N3O/c1-4-12-32(13-5-1)37-24-27-45-44(29-37)42-26-23-40(31-46(42)53-45)49-51-47(38-21-20-33-14-10-11-19-36(33)28-38)50-48(52-49)39-22-25-41(34-15-6-2-7-16-34)43(30-39)35-17-8-3-9-18-35/h1-31H/i1D,4D,5D,12D,13D,23D,24D,26D,27D,29D,31D. The molecular weight excluding hydrogens is 647 g/mol. The fourth-order valence-electron chi connectivity index (χ4n) is 6.49. The van der Waals surface area contributed by atoms with Crippen LogP contribution in [0.2, 0.25) is 0 Å². The molecular formula is C49H31N3O. The van der Waals surface area contributed by atoms with Crippen LogP contribution < -0.4 is 0 Å². The van der Waals surface area contributed by atoms with E-state index in [1.54, 1.807) is 0 Å². The van der Waals surface area contributed by atoms with Gasteiger partial charge in [0, 0.05) is 27.5 Å². The lowest BCUT2D eigenvalue weighted by molar-refractivity contribution is 0.669. The molecule has 2 heterocycles. The molecule has 0 bridgehead atoms. The predicted molar refractivity (Wildman–Crippen MR) is 217 cm³/mol. The number of rotatable bonds is 6. The molecule has 0 fully saturated rings. The molecule has 0 atom stereocenters. The van der Waals surface area contributed by atoms with Crippen LogP contribution in [0.4, 0.5) is 0 Å². The third-order valence-corrected chi connectivity index (χ3v) is 9.07. The molecule has 10 rings (SSSR count). The Labute approximate surface area is 322 Å². The van der Waals surface area contributed by atoms with Gasteiger partial charge in [0.2, 0.25) is 0 Å². The Morgan fingerprint density at radius 1 is 0.377 bits per heavy atom. The number of furan rings is 1. The minimum absolute atomic E-state index is 0.106. The predicted octanol–water partition coefficient (Wildman–Crippen LogP) is 12.9. The monoisotopic (exact) mass is 688 g/mol. The number of fused-ring (bicyclic) bond motifs is 4. The lowest BCUT2D eigenvalue weighted by Crippen LogP contribution is -2.00. The fourth-order valence-corrected chi connectivity index (χ4v) is 6.49. The molecule has 8 aromatic carbocycles. The van der Waals surface area contributed by atoms with Gasteiger partial charge in [-0.25, -0.2) is 15.0 Å². The molecule has 0 radical (unpaired) electrons. The van der Waals surface area contributed by atoms with Gasteiger partial charge in [0.05, 0.1) is 15.1 Å². The summed E-state index contributed by atoms with van der Waals surface area (Å²) in [6.45, 7) is 0. The molecule has 0 saturated heterocycles. The van der Waals surface area contributed by atoms with Crippen LogP contribution in [0, 0.1) is 0 Å². The summed E-state index contributed by atoms with van der Waals surface area (Å²) < 4.78 is 103. The number of benzene rings is 8. The summed E-state index contributed by atoms with van der Waals surface area (Å²) in [6, 6.07) is 32.8. The van der Waals surface area contributed by atoms with Gasteiger partial charge in [0.15, 0.2) is 17.5 Å². The zero-order valence-corrected chi connectivity index (χ0v) is 27.8. The maximum absolute atomic E-state index is 9.54. The van der Waals surface area contributed by atoms with E-state index >= 15 is 0 Å². The van der Waals surface area contributed by atoms with Crippen molar-refractivity contribution in [2.24, 2.45) is 0 Å². The third kappa shape index (κ3) is 5.73. The quantitative estimate of drug-likeness (QED) is 0.174. The zero-order valence-electron chi connectivity index (χ0n) is 38.8. The van der Waals surface area contributed by atoms with Gasteiger partial charge in [-0.2, -0.15) is 0 Å². The topological polar surface area (TPSA) is 51.8 Å². The first kappa shape index (κ1) is 21.3. The molecule has 0 aliphatic rings. The number of aromatic nitrogens is 3. The SMILES string of the molecule is [2H]c1c([2H])c([2H])c(-c2c([2H])c([2H])c3oc4c([2H])c(-c5nc(-c6ccc(-c7ccccc7)c(-c7ccccc7)c6)nc(-c6ccc7ccccc7c6)n5)c([2H])c([2H])c4c3c2[2H])c([2H])c1[2H]. The highest BCUT2D eigenvalue weighted by Crippen LogP contribution is 2.38. The molecule has 4 heteroatoms. The Kier molecular flexibility index (Phi) is 5.16. The van der Waals surface area contributed by atoms with Gasteiger partial charge in [-0.05, 0) is 80.5 Å². The first-order valence-electron chi connectivity index (χ1n) is 22.4. The zero-order chi connectivity index (χ0) is 44.7. The van der Waals surface area contributed by atoms with Gasteiger partial charge in [0.1, 0.15) is 11.2 Å². The maximum Gasteiger partial charge on any atom is 0.164 e. The lowest BCUT2D eigenvalue weighted by atomic mass is 9.92. The smallest absolute Gasteiger partial charge is 0.164 e. The van der Waals surface area contributed by atoms with Gasteiger partial charge < -0.3 is 4.42 Å². The summed E-state index contributed by atoms with van der Waals surface area (Å²) in [5, 5.41) is 1.52. The van der Waals surface area contributed by atoms with Crippen LogP contribution in [0.1, 0.15) is 15.1 Å². The molecule has 4 nitrogen and oxygen atoms in total. The largest absolute Gasteiger partial charge is 0.456 e. The molecule has 0 aliphatic heterocycles. The van der Waals surface area contributed by atoms with E-state index in [4.69, 9.17) is 29.0 Å². The number of nitrogens with zero attached hydrogens (tertiary/aromatic N) is 3. The number of hydrogen-bond acceptors (Lipinski definition) is 4. The minimum atomic E-state index is -0.686. The Morgan fingerprint density at radius 2 is 1.00 bits per heavy atom. The van der Waals surface area contributed by atoms with E-state index in [2.05, 4.69) is 0 Å². The highest BCUT2D eigenvalue weighted by atomic mass is 16.3. The van der Waals surface area contributed by atoms with Crippen molar-refractivity contribution in [1.29, 1.82) is 0 Å². The van der Waals surface area contributed by atoms with Crippen LogP contribution in [0.15, 0.2) is 192 Å². The van der Waals surface area contributed by atoms with Crippen molar-refractivity contribution in [3.05, 3.63) is 188 Å². The first-order valence-corrected chi connectivity index (χ1v) is 16.9. The summed E-state index contributed by atoms with van der Waals surface area (Å²) in [5.41, 5.74) is 3.39. The van der Waals surface area contributed by atoms with Crippen LogP contribution >= 0.6 is 0 Å². The van der Waals surface area contributed by atoms with Gasteiger partial charge in [-0.3, -0.25) is 0 Å². The highest BCUT2D eigenvalue weighted by molar-refractivity contribution is 6.07. The molecule has 0 unspecified atom stereocenters. The molecule has 0 spiro atoms. The summed E-state index contributed by atoms with van der Waals surface area (Å²) in [6.07, 6.45) is 0. The molecule has 0 saturated carbocycles. The van der Waals surface area contributed by atoms with Crippen molar-refractivity contribution < 1.29 is 19.5 Å². The van der Waals surface area contributed by atoms with E-state index in [1.807, 2.05) is 121 Å². The van der Waals surface area contributed by atoms with Crippen molar-refractivity contribution in [3.63, 3.8) is 0 Å². The molecule has 2 aromatic heterocycles. The average molecular weight is 689 g/mol. The van der Waals surface area contributed by atoms with E-state index in [1.165, 1.54) is 0 Å². The third-order valence-electron chi connectivity index (χ3n) is 9.07. The van der Waals surface area contributed by atoms with E-state index < -0.39 is 77.6 Å². The second-order valence-electron chi connectivity index (χ2n) is 12.4. The van der Waals surface area contributed by atoms with E-state index in [0.717, 1.165) is 33.0 Å². The molecule has 10 aromatic rings. The van der Waals surface area contributed by atoms with E-state index in [-0.39, 0.29) is 45.0 Å². The van der Waals surface area contributed by atoms with Crippen molar-refractivity contribution in [3.8, 4) is 67.5 Å². The van der Waals surface area contributed by atoms with Crippen LogP contribution in [0.25, 0.3) is 100 Å². The summed E-state index contributed by atoms with van der Waals surface area (Å²) in [5.74, 6) is 0.354. The Hall–Kier alpha value is -7.17. The van der Waals surface area contributed by atoms with Crippen LogP contribution in [-0.4, -0.2) is 15.0 Å². The molecule has 248 valence electrons. The van der Waals surface area contributed by atoms with E-state index in [9.17, 15) is 5.48 Å². The molecule has 53 heavy (non-hydrogen) atoms. The maximum atomic E-state index is 9.54. The second-order valence-corrected chi connectivity index (χ2v) is 12.4. The van der Waals surface area contributed by atoms with Crippen molar-refractivity contribution in [1.82, 2.24) is 15.0 Å². The van der Waals surface area contributed by atoms with Crippen molar-refractivity contribution >= 4 is 32.7 Å². The Morgan fingerprint density at radius 3 is 1.75 bits per heavy atom. The lowest BCUT2D eigenvalue weighted by Gasteiger charge is -2.14. The summed E-state index contributed by atoms with van der Waals surface area (Å²) in [4.78, 5) is 14.7. The van der Waals surface area contributed by atoms with Gasteiger partial charge >= 0.3 is 0 Å². The summed E-state index contributed by atoms with van der Waals surface area (Å²) in [7, 11) is 0. The molecule has 0 aliphatic carbocycles. The van der Waals surface area contributed by atoms with Gasteiger partial charge in [-0.15, -0.1) is 0 Å². The molecule has 0 amide bonds. The minimum Gasteiger partial charge on any atom is -0.456 e. The van der Waals surface area contributed by atoms with Crippen LogP contribution in [0.3, 0.4) is 0 Å². The Bertz CT molecular complexity index is 3550. The summed E-state index contributed by atoms with van der Waals surface area (Å²) >= 11 is 0. The Balaban J connectivity index is 1.23. The van der Waals surface area contributed by atoms with Gasteiger partial charge in [-0.1, -0.05) is 151 Å². The second kappa shape index (κ2) is 12.9.